The zero-order valence-electron chi connectivity index (χ0n) is 29.9. The molecular formula is C39H50ClN3O9S. The highest BCUT2D eigenvalue weighted by atomic mass is 35.5. The van der Waals surface area contributed by atoms with Gasteiger partial charge in [0.15, 0.2) is 6.10 Å². The molecule has 5 rings (SSSR count). The maximum absolute atomic E-state index is 13.2. The summed E-state index contributed by atoms with van der Waals surface area (Å²) in [6.45, 7) is 1.80. The van der Waals surface area contributed by atoms with Crippen molar-refractivity contribution in [1.29, 1.82) is 0 Å². The normalized spacial score (nSPS) is 17.0. The third-order valence-electron chi connectivity index (χ3n) is 9.42. The SMILES string of the molecule is CC(=O)NCCCCN(CCCSc1ccc(Cl)c(COC2(c3cnccc3-c3ccccc3OC3CC3)CC2)c1)C(=O)C(O)C(O)C(O)C(O)CO. The molecule has 4 atom stereocenters. The number of amides is 2. The number of para-hydroxylation sites is 1. The quantitative estimate of drug-likeness (QED) is 0.0646. The van der Waals surface area contributed by atoms with Crippen molar-refractivity contribution in [3.05, 3.63) is 77.1 Å². The highest BCUT2D eigenvalue weighted by Gasteiger charge is 2.48. The summed E-state index contributed by atoms with van der Waals surface area (Å²) in [7, 11) is 0. The second-order valence-electron chi connectivity index (χ2n) is 13.7. The van der Waals surface area contributed by atoms with E-state index in [-0.39, 0.29) is 25.1 Å². The molecule has 3 aromatic rings. The number of aromatic nitrogens is 1. The zero-order chi connectivity index (χ0) is 38.0. The molecule has 0 aliphatic heterocycles. The van der Waals surface area contributed by atoms with Gasteiger partial charge in [-0.2, -0.15) is 0 Å². The van der Waals surface area contributed by atoms with Crippen molar-refractivity contribution in [2.45, 2.75) is 99.5 Å². The van der Waals surface area contributed by atoms with Crippen molar-refractivity contribution >= 4 is 35.2 Å². The average molecular weight is 772 g/mol. The molecule has 6 N–H and O–H groups in total. The Morgan fingerprint density at radius 3 is 2.49 bits per heavy atom. The van der Waals surface area contributed by atoms with Crippen LogP contribution in [0.4, 0.5) is 0 Å². The van der Waals surface area contributed by atoms with Crippen molar-refractivity contribution in [2.24, 2.45) is 0 Å². The number of aliphatic hydroxyl groups excluding tert-OH is 5. The number of pyridine rings is 1. The summed E-state index contributed by atoms with van der Waals surface area (Å²) in [5, 5.41) is 53.0. The maximum atomic E-state index is 13.2. The Morgan fingerprint density at radius 1 is 1.02 bits per heavy atom. The Hall–Kier alpha value is -3.27. The molecule has 4 unspecified atom stereocenters. The fraction of sp³-hybridized carbons (Fsp3) is 0.513. The molecule has 0 spiro atoms. The van der Waals surface area contributed by atoms with Crippen LogP contribution in [-0.4, -0.2) is 110 Å². The number of carbonyl (C=O) groups is 2. The zero-order valence-corrected chi connectivity index (χ0v) is 31.5. The van der Waals surface area contributed by atoms with Crippen LogP contribution in [0.2, 0.25) is 5.02 Å². The molecule has 2 aliphatic carbocycles. The van der Waals surface area contributed by atoms with Gasteiger partial charge in [0.1, 0.15) is 24.1 Å². The minimum atomic E-state index is -2.00. The summed E-state index contributed by atoms with van der Waals surface area (Å²) in [6, 6.07) is 15.9. The van der Waals surface area contributed by atoms with Gasteiger partial charge in [0.25, 0.3) is 5.91 Å². The molecular weight excluding hydrogens is 722 g/mol. The lowest BCUT2D eigenvalue weighted by molar-refractivity contribution is -0.158. The van der Waals surface area contributed by atoms with Gasteiger partial charge >= 0.3 is 0 Å². The summed E-state index contributed by atoms with van der Waals surface area (Å²) in [4.78, 5) is 31.2. The van der Waals surface area contributed by atoms with Gasteiger partial charge in [0.2, 0.25) is 5.91 Å². The summed E-state index contributed by atoms with van der Waals surface area (Å²) >= 11 is 8.23. The van der Waals surface area contributed by atoms with Gasteiger partial charge < -0.3 is 45.2 Å². The van der Waals surface area contributed by atoms with Crippen LogP contribution < -0.4 is 10.1 Å². The molecule has 14 heteroatoms. The van der Waals surface area contributed by atoms with E-state index in [4.69, 9.17) is 26.2 Å². The number of ether oxygens (including phenoxy) is 2. The molecule has 2 fully saturated rings. The Kier molecular flexibility index (Phi) is 14.9. The minimum Gasteiger partial charge on any atom is -0.490 e. The monoisotopic (exact) mass is 771 g/mol. The second kappa shape index (κ2) is 19.4. The van der Waals surface area contributed by atoms with E-state index in [2.05, 4.69) is 16.4 Å². The topological polar surface area (TPSA) is 182 Å². The molecule has 0 radical (unpaired) electrons. The number of thioether (sulfide) groups is 1. The molecule has 1 aromatic heterocycles. The summed E-state index contributed by atoms with van der Waals surface area (Å²) in [5.41, 5.74) is 3.47. The van der Waals surface area contributed by atoms with Crippen LogP contribution in [0.3, 0.4) is 0 Å². The highest BCUT2D eigenvalue weighted by Crippen LogP contribution is 2.53. The fourth-order valence-corrected chi connectivity index (χ4v) is 7.12. The molecule has 2 aromatic carbocycles. The van der Waals surface area contributed by atoms with Gasteiger partial charge in [-0.3, -0.25) is 14.6 Å². The molecule has 0 bridgehead atoms. The van der Waals surface area contributed by atoms with Gasteiger partial charge in [-0.05, 0) is 92.2 Å². The standard InChI is InChI=1S/C39H50ClN3O9S/c1-25(45)42-16-4-5-18-43(38(50)37(49)36(48)35(47)33(46)23-44)19-6-20-53-28-11-12-32(40)26(21-28)24-51-39(14-15-39)31-22-41-17-13-29(31)30-7-2-3-8-34(30)52-27-9-10-27/h2-3,7-8,11-13,17,21-22,27,33,35-37,44,46-49H,4-6,9-10,14-16,18-20,23-24H2,1H3,(H,42,45). The maximum Gasteiger partial charge on any atom is 0.254 e. The lowest BCUT2D eigenvalue weighted by atomic mass is 9.96. The first-order valence-electron chi connectivity index (χ1n) is 18.1. The van der Waals surface area contributed by atoms with Crippen LogP contribution in [-0.2, 0) is 26.5 Å². The molecule has 2 aliphatic rings. The van der Waals surface area contributed by atoms with E-state index >= 15 is 0 Å². The first-order chi connectivity index (χ1) is 25.5. The number of hydrogen-bond donors (Lipinski definition) is 6. The van der Waals surface area contributed by atoms with Crippen molar-refractivity contribution in [2.75, 3.05) is 32.0 Å². The molecule has 2 saturated carbocycles. The van der Waals surface area contributed by atoms with Crippen molar-refractivity contribution in [3.63, 3.8) is 0 Å². The van der Waals surface area contributed by atoms with Crippen molar-refractivity contribution in [1.82, 2.24) is 15.2 Å². The van der Waals surface area contributed by atoms with E-state index in [1.807, 2.05) is 48.7 Å². The number of nitrogens with zero attached hydrogens (tertiary/aromatic N) is 2. The van der Waals surface area contributed by atoms with E-state index < -0.39 is 42.5 Å². The van der Waals surface area contributed by atoms with Crippen molar-refractivity contribution in [3.8, 4) is 16.9 Å². The number of hydrogen-bond acceptors (Lipinski definition) is 11. The number of aliphatic hydroxyl groups is 5. The summed E-state index contributed by atoms with van der Waals surface area (Å²) in [5.74, 6) is 0.522. The van der Waals surface area contributed by atoms with E-state index in [1.165, 1.54) is 11.8 Å². The van der Waals surface area contributed by atoms with E-state index in [0.29, 0.717) is 43.2 Å². The van der Waals surface area contributed by atoms with E-state index in [1.54, 1.807) is 18.0 Å². The largest absolute Gasteiger partial charge is 0.490 e. The van der Waals surface area contributed by atoms with Gasteiger partial charge in [-0.25, -0.2) is 0 Å². The molecule has 12 nitrogen and oxygen atoms in total. The van der Waals surface area contributed by atoms with Gasteiger partial charge in [0.05, 0.1) is 24.9 Å². The smallest absolute Gasteiger partial charge is 0.254 e. The van der Waals surface area contributed by atoms with E-state index in [9.17, 15) is 30.0 Å². The van der Waals surface area contributed by atoms with E-state index in [0.717, 1.165) is 58.6 Å². The average Bonchev–Trinajstić information content (AvgIpc) is 4.12. The number of halogens is 1. The molecule has 2 amide bonds. The molecule has 288 valence electrons. The highest BCUT2D eigenvalue weighted by molar-refractivity contribution is 7.99. The Morgan fingerprint density at radius 2 is 1.77 bits per heavy atom. The number of benzene rings is 2. The fourth-order valence-electron chi connectivity index (χ4n) is 6.05. The number of rotatable bonds is 22. The predicted molar refractivity (Wildman–Crippen MR) is 201 cm³/mol. The Bertz CT molecular complexity index is 1670. The van der Waals surface area contributed by atoms with Crippen LogP contribution in [0.1, 0.15) is 63.0 Å². The van der Waals surface area contributed by atoms with Crippen molar-refractivity contribution < 1.29 is 44.6 Å². The van der Waals surface area contributed by atoms with Gasteiger partial charge in [-0.15, -0.1) is 11.8 Å². The summed E-state index contributed by atoms with van der Waals surface area (Å²) < 4.78 is 12.9. The van der Waals surface area contributed by atoms with Gasteiger partial charge in [0, 0.05) is 60.0 Å². The predicted octanol–water partition coefficient (Wildman–Crippen LogP) is 3.81. The number of unbranched alkanes of at least 4 members (excludes halogenated alkanes) is 1. The first-order valence-corrected chi connectivity index (χ1v) is 19.5. The second-order valence-corrected chi connectivity index (χ2v) is 15.2. The number of carbonyl (C=O) groups excluding carboxylic acids is 2. The Labute approximate surface area is 319 Å². The lowest BCUT2D eigenvalue weighted by Gasteiger charge is -2.30. The molecule has 0 saturated heterocycles. The molecule has 1 heterocycles. The first kappa shape index (κ1) is 40.9. The van der Waals surface area contributed by atoms with Crippen LogP contribution in [0.5, 0.6) is 5.75 Å². The van der Waals surface area contributed by atoms with Gasteiger partial charge in [-0.1, -0.05) is 29.8 Å². The van der Waals surface area contributed by atoms with Crippen LogP contribution in [0.15, 0.2) is 65.8 Å². The third kappa shape index (κ3) is 11.4. The summed E-state index contributed by atoms with van der Waals surface area (Å²) in [6.07, 6.45) is 1.84. The minimum absolute atomic E-state index is 0.160. The third-order valence-corrected chi connectivity index (χ3v) is 10.9. The Balaban J connectivity index is 1.18. The van der Waals surface area contributed by atoms with Crippen LogP contribution >= 0.6 is 23.4 Å². The molecule has 53 heavy (non-hydrogen) atoms. The number of nitrogens with one attached hydrogen (secondary N) is 1. The van der Waals surface area contributed by atoms with Crippen LogP contribution in [0.25, 0.3) is 11.1 Å². The van der Waals surface area contributed by atoms with Crippen LogP contribution in [0, 0.1) is 0 Å². The lowest BCUT2D eigenvalue weighted by Crippen LogP contribution is -2.53.